The first-order valence-electron chi connectivity index (χ1n) is 2.77. The van der Waals surface area contributed by atoms with Crippen molar-refractivity contribution in [2.24, 2.45) is 0 Å². The van der Waals surface area contributed by atoms with Gasteiger partial charge in [0.15, 0.2) is 0 Å². The number of benzene rings is 1. The van der Waals surface area contributed by atoms with E-state index in [1.807, 2.05) is 0 Å². The highest BCUT2D eigenvalue weighted by molar-refractivity contribution is 14.1. The third kappa shape index (κ3) is 1.89. The summed E-state index contributed by atoms with van der Waals surface area (Å²) in [5.41, 5.74) is -0.106. The van der Waals surface area contributed by atoms with Gasteiger partial charge in [-0.05, 0) is 40.8 Å². The van der Waals surface area contributed by atoms with Crippen molar-refractivity contribution in [2.45, 2.75) is 0 Å². The van der Waals surface area contributed by atoms with Crippen molar-refractivity contribution < 1.29 is 14.3 Å². The van der Waals surface area contributed by atoms with Gasteiger partial charge in [-0.25, -0.2) is 4.39 Å². The highest BCUT2D eigenvalue weighted by Gasteiger charge is 2.00. The summed E-state index contributed by atoms with van der Waals surface area (Å²) in [5, 5.41) is 10.3. The normalized spacial score (nSPS) is 9.64. The van der Waals surface area contributed by atoms with Gasteiger partial charge in [-0.2, -0.15) is 0 Å². The summed E-state index contributed by atoms with van der Waals surface area (Å²) in [5.74, 6) is -1.92. The van der Waals surface area contributed by atoms with Crippen molar-refractivity contribution in [3.63, 3.8) is 0 Å². The minimum Gasteiger partial charge on any atom is -0.545 e. The van der Waals surface area contributed by atoms with Crippen LogP contribution in [-0.4, -0.2) is 5.97 Å². The Bertz CT molecular complexity index is 298. The lowest BCUT2D eigenvalue weighted by atomic mass is 10.2. The molecule has 0 saturated carbocycles. The summed E-state index contributed by atoms with van der Waals surface area (Å²) >= 11 is 1.80. The number of carboxylic acids is 1. The Balaban J connectivity index is 3.23. The van der Waals surface area contributed by atoms with E-state index in [2.05, 4.69) is 0 Å². The zero-order valence-corrected chi connectivity index (χ0v) is 7.46. The van der Waals surface area contributed by atoms with E-state index in [9.17, 15) is 14.3 Å². The van der Waals surface area contributed by atoms with Crippen LogP contribution in [0, 0.1) is 9.39 Å². The molecular formula is C7H3FIO2-. The molecule has 0 aromatic heterocycles. The van der Waals surface area contributed by atoms with Crippen LogP contribution < -0.4 is 5.11 Å². The average molecular weight is 265 g/mol. The minimum atomic E-state index is -1.35. The van der Waals surface area contributed by atoms with E-state index in [-0.39, 0.29) is 5.56 Å². The van der Waals surface area contributed by atoms with Crippen molar-refractivity contribution in [1.82, 2.24) is 0 Å². The van der Waals surface area contributed by atoms with Crippen molar-refractivity contribution >= 4 is 28.6 Å². The van der Waals surface area contributed by atoms with Crippen LogP contribution in [0.3, 0.4) is 0 Å². The van der Waals surface area contributed by atoms with Gasteiger partial charge in [0.05, 0.1) is 5.97 Å². The zero-order valence-electron chi connectivity index (χ0n) is 5.30. The first-order chi connectivity index (χ1) is 5.11. The van der Waals surface area contributed by atoms with E-state index >= 15 is 0 Å². The fourth-order valence-corrected chi connectivity index (χ4v) is 1.21. The van der Waals surface area contributed by atoms with Crippen molar-refractivity contribution in [3.8, 4) is 0 Å². The van der Waals surface area contributed by atoms with Gasteiger partial charge in [-0.15, -0.1) is 0 Å². The zero-order chi connectivity index (χ0) is 8.43. The molecule has 0 unspecified atom stereocenters. The van der Waals surface area contributed by atoms with Gasteiger partial charge in [0.2, 0.25) is 0 Å². The van der Waals surface area contributed by atoms with E-state index in [0.29, 0.717) is 3.57 Å². The monoisotopic (exact) mass is 265 g/mol. The molecule has 0 radical (unpaired) electrons. The quantitative estimate of drug-likeness (QED) is 0.704. The lowest BCUT2D eigenvalue weighted by Crippen LogP contribution is -2.23. The van der Waals surface area contributed by atoms with Gasteiger partial charge in [-0.1, -0.05) is 0 Å². The molecule has 2 nitrogen and oxygen atoms in total. The smallest absolute Gasteiger partial charge is 0.123 e. The van der Waals surface area contributed by atoms with Crippen LogP contribution in [0.2, 0.25) is 0 Å². The summed E-state index contributed by atoms with van der Waals surface area (Å²) in [7, 11) is 0. The molecule has 0 fully saturated rings. The summed E-state index contributed by atoms with van der Waals surface area (Å²) in [4.78, 5) is 10.3. The SMILES string of the molecule is O=C([O-])c1cc(F)ccc1I. The minimum absolute atomic E-state index is 0.106. The van der Waals surface area contributed by atoms with Crippen LogP contribution in [0.15, 0.2) is 18.2 Å². The Morgan fingerprint density at radius 2 is 2.18 bits per heavy atom. The van der Waals surface area contributed by atoms with Crippen LogP contribution in [0.5, 0.6) is 0 Å². The number of carboxylic acid groups (broad SMARTS) is 1. The third-order valence-electron chi connectivity index (χ3n) is 1.15. The predicted octanol–water partition coefficient (Wildman–Crippen LogP) is 0.794. The highest BCUT2D eigenvalue weighted by Crippen LogP contribution is 2.12. The number of carbonyl (C=O) groups excluding carboxylic acids is 1. The molecule has 0 N–H and O–H groups in total. The van der Waals surface area contributed by atoms with Crippen LogP contribution in [0.25, 0.3) is 0 Å². The Morgan fingerprint density at radius 1 is 1.55 bits per heavy atom. The summed E-state index contributed by atoms with van der Waals surface area (Å²) < 4.78 is 12.9. The van der Waals surface area contributed by atoms with Gasteiger partial charge in [0.25, 0.3) is 0 Å². The summed E-state index contributed by atoms with van der Waals surface area (Å²) in [6, 6.07) is 3.53. The number of hydrogen-bond donors (Lipinski definition) is 0. The molecule has 0 aliphatic heterocycles. The van der Waals surface area contributed by atoms with E-state index in [1.54, 1.807) is 22.6 Å². The third-order valence-corrected chi connectivity index (χ3v) is 2.09. The molecule has 11 heavy (non-hydrogen) atoms. The van der Waals surface area contributed by atoms with Gasteiger partial charge in [0.1, 0.15) is 5.82 Å². The second-order valence-electron chi connectivity index (χ2n) is 1.91. The van der Waals surface area contributed by atoms with Crippen molar-refractivity contribution in [1.29, 1.82) is 0 Å². The first kappa shape index (κ1) is 8.45. The molecule has 0 spiro atoms. The molecule has 1 aromatic rings. The second kappa shape index (κ2) is 3.17. The lowest BCUT2D eigenvalue weighted by Gasteiger charge is -2.03. The average Bonchev–Trinajstić information content (AvgIpc) is 1.94. The highest BCUT2D eigenvalue weighted by atomic mass is 127. The molecule has 0 aliphatic carbocycles. The number of aromatic carboxylic acids is 1. The topological polar surface area (TPSA) is 40.1 Å². The van der Waals surface area contributed by atoms with Gasteiger partial charge < -0.3 is 9.90 Å². The maximum atomic E-state index is 12.4. The largest absolute Gasteiger partial charge is 0.545 e. The Morgan fingerprint density at radius 3 is 2.64 bits per heavy atom. The number of hydrogen-bond acceptors (Lipinski definition) is 2. The van der Waals surface area contributed by atoms with Crippen LogP contribution in [0.4, 0.5) is 4.39 Å². The van der Waals surface area contributed by atoms with E-state index in [4.69, 9.17) is 0 Å². The maximum absolute atomic E-state index is 12.4. The molecule has 0 bridgehead atoms. The number of carbonyl (C=O) groups is 1. The van der Waals surface area contributed by atoms with Crippen LogP contribution >= 0.6 is 22.6 Å². The molecule has 0 amide bonds. The van der Waals surface area contributed by atoms with E-state index in [1.165, 1.54) is 12.1 Å². The molecule has 58 valence electrons. The van der Waals surface area contributed by atoms with Gasteiger partial charge in [-0.3, -0.25) is 0 Å². The van der Waals surface area contributed by atoms with Crippen molar-refractivity contribution in [3.05, 3.63) is 33.1 Å². The van der Waals surface area contributed by atoms with E-state index < -0.39 is 11.8 Å². The van der Waals surface area contributed by atoms with Gasteiger partial charge >= 0.3 is 0 Å². The first-order valence-corrected chi connectivity index (χ1v) is 3.85. The lowest BCUT2D eigenvalue weighted by molar-refractivity contribution is -0.255. The van der Waals surface area contributed by atoms with E-state index in [0.717, 1.165) is 6.07 Å². The molecule has 0 atom stereocenters. The fourth-order valence-electron chi connectivity index (χ4n) is 0.654. The number of halogens is 2. The molecule has 0 saturated heterocycles. The Labute approximate surface area is 76.2 Å². The molecule has 1 aromatic carbocycles. The fraction of sp³-hybridized carbons (Fsp3) is 0. The van der Waals surface area contributed by atoms with Crippen LogP contribution in [-0.2, 0) is 0 Å². The molecular weight excluding hydrogens is 262 g/mol. The predicted molar refractivity (Wildman–Crippen MR) is 43.4 cm³/mol. The molecule has 0 aliphatic rings. The molecule has 4 heteroatoms. The molecule has 1 rings (SSSR count). The summed E-state index contributed by atoms with van der Waals surface area (Å²) in [6.45, 7) is 0. The van der Waals surface area contributed by atoms with Gasteiger partial charge in [0, 0.05) is 9.13 Å². The van der Waals surface area contributed by atoms with Crippen molar-refractivity contribution in [2.75, 3.05) is 0 Å². The molecule has 0 heterocycles. The summed E-state index contributed by atoms with van der Waals surface area (Å²) in [6.07, 6.45) is 0. The second-order valence-corrected chi connectivity index (χ2v) is 3.07. The standard InChI is InChI=1S/C7H4FIO2/c8-4-1-2-6(9)5(3-4)7(10)11/h1-3H,(H,10,11)/p-1. The van der Waals surface area contributed by atoms with Crippen LogP contribution in [0.1, 0.15) is 10.4 Å². The Kier molecular flexibility index (Phi) is 2.43. The number of rotatable bonds is 1. The Hall–Kier alpha value is -0.650. The maximum Gasteiger partial charge on any atom is 0.123 e.